The van der Waals surface area contributed by atoms with Crippen molar-refractivity contribution in [3.05, 3.63) is 144 Å². The van der Waals surface area contributed by atoms with E-state index in [1.54, 1.807) is 6.07 Å². The fourth-order valence-corrected chi connectivity index (χ4v) is 14.3. The number of benzene rings is 3. The van der Waals surface area contributed by atoms with E-state index in [0.717, 1.165) is 65.8 Å². The summed E-state index contributed by atoms with van der Waals surface area (Å²) in [6, 6.07) is 25.4. The normalized spacial score (nSPS) is 30.9. The molecule has 2 saturated carbocycles. The number of hydrogen-bond donors (Lipinski definition) is 10. The Morgan fingerprint density at radius 3 is 2.33 bits per heavy atom. The number of aliphatic carboxylic acids is 1. The first-order valence-corrected chi connectivity index (χ1v) is 27.5. The summed E-state index contributed by atoms with van der Waals surface area (Å²) < 4.78 is 0. The average molecular weight is 993 g/mol. The van der Waals surface area contributed by atoms with Gasteiger partial charge in [-0.15, -0.1) is 0 Å². The number of aromatic hydroxyl groups is 2. The zero-order chi connectivity index (χ0) is 51.2. The van der Waals surface area contributed by atoms with E-state index in [-0.39, 0.29) is 53.1 Å². The van der Waals surface area contributed by atoms with Crippen LogP contribution in [-0.4, -0.2) is 79.5 Å². The second kappa shape index (κ2) is 23.3. The van der Waals surface area contributed by atoms with Crippen LogP contribution in [0.5, 0.6) is 11.5 Å². The van der Waals surface area contributed by atoms with Gasteiger partial charge in [0, 0.05) is 77.6 Å². The molecule has 1 aliphatic heterocycles. The van der Waals surface area contributed by atoms with Crippen LogP contribution in [0.25, 0.3) is 22.4 Å². The highest BCUT2D eigenvalue weighted by atomic mass is 16.4. The number of aromatic nitrogens is 1. The Hall–Kier alpha value is -5.59. The molecule has 9 rings (SSSR count). The van der Waals surface area contributed by atoms with E-state index >= 15 is 0 Å². The van der Waals surface area contributed by atoms with Gasteiger partial charge in [-0.05, 0) is 117 Å². The van der Waals surface area contributed by atoms with E-state index in [4.69, 9.17) is 5.73 Å². The molecule has 390 valence electrons. The number of fused-ring (bicyclic) bond motifs is 1. The van der Waals surface area contributed by atoms with Crippen molar-refractivity contribution in [1.82, 2.24) is 15.6 Å². The molecule has 0 amide bonds. The summed E-state index contributed by atoms with van der Waals surface area (Å²) in [5.41, 5.74) is 11.9. The van der Waals surface area contributed by atoms with Crippen LogP contribution >= 0.6 is 0 Å². The SMILES string of the molecule is CCCCCC1C=CC(CCCCC2CCC(c3cc(-c4ccccc4)c(-c4cc(O)cc(O)c4Cc4ccccc4)[nH]3)C3CC(CC4=CCNC(N)=C4)C4C=CC(C(O)C2C(=O)O)C(CNC)C43O)C(O)C1. The van der Waals surface area contributed by atoms with Gasteiger partial charge in [-0.3, -0.25) is 4.79 Å². The summed E-state index contributed by atoms with van der Waals surface area (Å²) in [6.45, 7) is 3.21. The predicted octanol–water partition coefficient (Wildman–Crippen LogP) is 10.3. The number of dihydropyridines is 1. The van der Waals surface area contributed by atoms with E-state index in [1.165, 1.54) is 25.3 Å². The van der Waals surface area contributed by atoms with Crippen molar-refractivity contribution in [1.29, 1.82) is 0 Å². The van der Waals surface area contributed by atoms with E-state index < -0.39 is 35.4 Å². The maximum absolute atomic E-state index is 14.1. The van der Waals surface area contributed by atoms with E-state index in [0.29, 0.717) is 74.5 Å². The van der Waals surface area contributed by atoms with Gasteiger partial charge in [-0.2, -0.15) is 0 Å². The molecule has 0 spiro atoms. The Bertz CT molecular complexity index is 2620. The van der Waals surface area contributed by atoms with Crippen molar-refractivity contribution in [3.63, 3.8) is 0 Å². The molecule has 1 aromatic heterocycles. The Labute approximate surface area is 432 Å². The first-order valence-electron chi connectivity index (χ1n) is 27.5. The third-order valence-electron chi connectivity index (χ3n) is 17.9. The number of nitrogens with one attached hydrogen (secondary N) is 3. The minimum atomic E-state index is -1.35. The van der Waals surface area contributed by atoms with Gasteiger partial charge >= 0.3 is 5.97 Å². The molecular weight excluding hydrogens is 913 g/mol. The number of phenolic OH excluding ortho intramolecular Hbond substituents is 2. The van der Waals surface area contributed by atoms with Crippen LogP contribution in [0.4, 0.5) is 0 Å². The first-order chi connectivity index (χ1) is 35.4. The summed E-state index contributed by atoms with van der Waals surface area (Å²) in [7, 11) is 1.86. The lowest BCUT2D eigenvalue weighted by atomic mass is 9.57. The summed E-state index contributed by atoms with van der Waals surface area (Å²) in [5, 5.41) is 78.6. The third-order valence-corrected chi connectivity index (χ3v) is 17.9. The zero-order valence-corrected chi connectivity index (χ0v) is 42.9. The van der Waals surface area contributed by atoms with Crippen LogP contribution in [0.2, 0.25) is 0 Å². The molecule has 4 aliphatic carbocycles. The number of unbranched alkanes of at least 4 members (excludes halogenated alkanes) is 3. The molecule has 2 heterocycles. The largest absolute Gasteiger partial charge is 0.508 e. The highest BCUT2D eigenvalue weighted by Gasteiger charge is 2.63. The van der Waals surface area contributed by atoms with Crippen molar-refractivity contribution >= 4 is 5.97 Å². The van der Waals surface area contributed by atoms with Crippen molar-refractivity contribution in [2.45, 2.75) is 121 Å². The van der Waals surface area contributed by atoms with Crippen LogP contribution in [0.1, 0.15) is 113 Å². The van der Waals surface area contributed by atoms with Gasteiger partial charge < -0.3 is 52.0 Å². The van der Waals surface area contributed by atoms with Crippen LogP contribution in [0.3, 0.4) is 0 Å². The van der Waals surface area contributed by atoms with Gasteiger partial charge in [-0.25, -0.2) is 0 Å². The number of nitrogens with two attached hydrogens (primary N) is 1. The molecule has 0 radical (unpaired) electrons. The summed E-state index contributed by atoms with van der Waals surface area (Å²) in [4.78, 5) is 17.7. The molecular formula is C62H80N4O7. The maximum atomic E-state index is 14.1. The highest BCUT2D eigenvalue weighted by molar-refractivity contribution is 5.85. The number of aromatic amines is 1. The summed E-state index contributed by atoms with van der Waals surface area (Å²) in [5.74, 6) is -3.46. The lowest BCUT2D eigenvalue weighted by Crippen LogP contribution is -2.59. The Kier molecular flexibility index (Phi) is 16.7. The third kappa shape index (κ3) is 11.3. The topological polar surface area (TPSA) is 204 Å². The van der Waals surface area contributed by atoms with Gasteiger partial charge in [-0.1, -0.05) is 130 Å². The smallest absolute Gasteiger partial charge is 0.309 e. The van der Waals surface area contributed by atoms with Crippen molar-refractivity contribution in [2.75, 3.05) is 20.1 Å². The van der Waals surface area contributed by atoms with E-state index in [9.17, 15) is 35.4 Å². The lowest BCUT2D eigenvalue weighted by molar-refractivity contribution is -0.159. The number of hydrogen-bond acceptors (Lipinski definition) is 9. The fourth-order valence-electron chi connectivity index (χ4n) is 14.3. The number of carboxylic acids is 1. The van der Waals surface area contributed by atoms with Crippen LogP contribution in [0, 0.1) is 53.3 Å². The fraction of sp³-hybridized carbons (Fsp3) is 0.500. The standard InChI is InChI=1S/C62H80N4O7/c1-3-4-7-14-39-21-22-42(55(68)31-39)19-12-13-20-43-23-24-46(54-36-48(41-17-10-6-11-18-41)59(66-54)50-34-45(67)35-56(69)49(50)30-38-15-8-5-9-16-38)52-33-44(29-40-27-28-65-57(63)32-40)51-26-25-47(60(70)58(43)61(71)72)53(37-64-2)62(51,52)73/h5-6,8-11,15-18,21-22,25-27,32,34-36,39,42-44,46-47,51-53,55,58,60,64-70,73H,3-4,7,12-14,19-20,23-24,28-31,33,37,63H2,1-2H3,(H,71,72). The predicted molar refractivity (Wildman–Crippen MR) is 289 cm³/mol. The molecule has 5 aliphatic rings. The van der Waals surface area contributed by atoms with E-state index in [1.807, 2.05) is 67.7 Å². The quantitative estimate of drug-likeness (QED) is 0.0318. The van der Waals surface area contributed by atoms with Crippen LogP contribution < -0.4 is 16.4 Å². The number of aliphatic hydroxyl groups is 3. The Morgan fingerprint density at radius 2 is 1.60 bits per heavy atom. The average Bonchev–Trinajstić information content (AvgIpc) is 3.94. The molecule has 0 saturated heterocycles. The molecule has 11 N–H and O–H groups in total. The number of carbonyl (C=O) groups is 1. The van der Waals surface area contributed by atoms with Crippen molar-refractivity contribution in [2.24, 2.45) is 59.0 Å². The number of phenols is 2. The second-order valence-corrected chi connectivity index (χ2v) is 22.3. The number of H-pyrrole nitrogens is 1. The Balaban J connectivity index is 1.13. The monoisotopic (exact) mass is 993 g/mol. The number of rotatable bonds is 19. The summed E-state index contributed by atoms with van der Waals surface area (Å²) in [6.07, 6.45) is 22.5. The molecule has 2 bridgehead atoms. The number of carboxylic acid groups (broad SMARTS) is 1. The number of aliphatic hydroxyl groups excluding tert-OH is 2. The van der Waals surface area contributed by atoms with Gasteiger partial charge in [0.15, 0.2) is 0 Å². The minimum Gasteiger partial charge on any atom is -0.508 e. The first kappa shape index (κ1) is 52.3. The lowest BCUT2D eigenvalue weighted by Gasteiger charge is -2.52. The molecule has 2 fully saturated rings. The maximum Gasteiger partial charge on any atom is 0.309 e. The summed E-state index contributed by atoms with van der Waals surface area (Å²) >= 11 is 0. The van der Waals surface area contributed by atoms with Gasteiger partial charge in [0.2, 0.25) is 0 Å². The molecule has 4 aromatic rings. The van der Waals surface area contributed by atoms with Crippen molar-refractivity contribution in [3.8, 4) is 33.9 Å². The minimum absolute atomic E-state index is 0.0120. The van der Waals surface area contributed by atoms with Crippen LogP contribution in [0.15, 0.2) is 127 Å². The van der Waals surface area contributed by atoms with Crippen LogP contribution in [-0.2, 0) is 11.2 Å². The molecule has 13 atom stereocenters. The van der Waals surface area contributed by atoms with E-state index in [2.05, 4.69) is 65.0 Å². The second-order valence-electron chi connectivity index (χ2n) is 22.3. The zero-order valence-electron chi connectivity index (χ0n) is 42.9. The Morgan fingerprint density at radius 1 is 0.849 bits per heavy atom. The van der Waals surface area contributed by atoms with Gasteiger partial charge in [0.1, 0.15) is 11.5 Å². The molecule has 11 heteroatoms. The van der Waals surface area contributed by atoms with Gasteiger partial charge in [0.25, 0.3) is 0 Å². The highest BCUT2D eigenvalue weighted by Crippen LogP contribution is 2.62. The van der Waals surface area contributed by atoms with Crippen molar-refractivity contribution < 1.29 is 35.4 Å². The van der Waals surface area contributed by atoms with Gasteiger partial charge in [0.05, 0.1) is 35.2 Å². The molecule has 3 aromatic carbocycles. The molecule has 11 nitrogen and oxygen atoms in total. The molecule has 73 heavy (non-hydrogen) atoms. The number of allylic oxidation sites excluding steroid dienone is 3. The molecule has 13 unspecified atom stereocenters.